The highest BCUT2D eigenvalue weighted by Gasteiger charge is 2.35. The van der Waals surface area contributed by atoms with E-state index in [-0.39, 0.29) is 6.23 Å². The zero-order chi connectivity index (χ0) is 12.7. The number of hydrogen-bond donors (Lipinski definition) is 0. The molecule has 5 heteroatoms. The first kappa shape index (κ1) is 11.3. The molecular formula is C13H14N2O3. The van der Waals surface area contributed by atoms with Crippen molar-refractivity contribution in [2.45, 2.75) is 13.2 Å². The molecule has 0 saturated heterocycles. The molecule has 1 aliphatic heterocycles. The van der Waals surface area contributed by atoms with Crippen molar-refractivity contribution in [1.82, 2.24) is 4.98 Å². The van der Waals surface area contributed by atoms with E-state index < -0.39 is 0 Å². The molecule has 0 fully saturated rings. The summed E-state index contributed by atoms with van der Waals surface area (Å²) in [6, 6.07) is 6.07. The maximum atomic E-state index is 5.49. The molecule has 1 unspecified atom stereocenters. The largest absolute Gasteiger partial charge is 0.443 e. The third kappa shape index (κ3) is 1.45. The fourth-order valence-electron chi connectivity index (χ4n) is 2.29. The molecular weight excluding hydrogens is 232 g/mol. The van der Waals surface area contributed by atoms with E-state index in [1.54, 1.807) is 19.3 Å². The molecule has 0 N–H and O–H groups in total. The summed E-state index contributed by atoms with van der Waals surface area (Å²) >= 11 is 0. The second kappa shape index (κ2) is 4.12. The van der Waals surface area contributed by atoms with Crippen LogP contribution in [0.4, 0.5) is 5.69 Å². The lowest BCUT2D eigenvalue weighted by Gasteiger charge is -2.33. The second-order valence-electron chi connectivity index (χ2n) is 4.18. The number of anilines is 1. The monoisotopic (exact) mass is 246 g/mol. The van der Waals surface area contributed by atoms with Gasteiger partial charge in [0.05, 0.1) is 12.8 Å². The fourth-order valence-corrected chi connectivity index (χ4v) is 2.29. The van der Waals surface area contributed by atoms with Crippen LogP contribution < -0.4 is 5.06 Å². The van der Waals surface area contributed by atoms with E-state index in [0.29, 0.717) is 0 Å². The van der Waals surface area contributed by atoms with Crippen molar-refractivity contribution in [3.8, 4) is 11.3 Å². The Kier molecular flexibility index (Phi) is 2.57. The van der Waals surface area contributed by atoms with Crippen molar-refractivity contribution in [2.24, 2.45) is 0 Å². The number of hydrogen-bond acceptors (Lipinski definition) is 5. The van der Waals surface area contributed by atoms with Gasteiger partial charge in [-0.3, -0.25) is 4.84 Å². The van der Waals surface area contributed by atoms with Crippen molar-refractivity contribution in [2.75, 3.05) is 19.3 Å². The molecule has 18 heavy (non-hydrogen) atoms. The number of fused-ring (bicyclic) bond motifs is 3. The van der Waals surface area contributed by atoms with Crippen molar-refractivity contribution in [3.63, 3.8) is 0 Å². The molecule has 1 aromatic heterocycles. The van der Waals surface area contributed by atoms with Gasteiger partial charge in [-0.1, -0.05) is 11.6 Å². The molecule has 5 nitrogen and oxygen atoms in total. The summed E-state index contributed by atoms with van der Waals surface area (Å²) < 4.78 is 10.9. The molecule has 1 aromatic carbocycles. The van der Waals surface area contributed by atoms with Crippen LogP contribution in [-0.2, 0) is 9.57 Å². The molecule has 0 amide bonds. The van der Waals surface area contributed by atoms with Gasteiger partial charge < -0.3 is 9.15 Å². The van der Waals surface area contributed by atoms with Crippen molar-refractivity contribution in [3.05, 3.63) is 35.9 Å². The second-order valence-corrected chi connectivity index (χ2v) is 4.18. The predicted molar refractivity (Wildman–Crippen MR) is 65.9 cm³/mol. The molecule has 3 rings (SSSR count). The first-order chi connectivity index (χ1) is 8.76. The highest BCUT2D eigenvalue weighted by molar-refractivity contribution is 5.80. The molecule has 1 atom stereocenters. The van der Waals surface area contributed by atoms with Gasteiger partial charge in [0.15, 0.2) is 12.2 Å². The van der Waals surface area contributed by atoms with Crippen LogP contribution in [0.1, 0.15) is 17.5 Å². The van der Waals surface area contributed by atoms with E-state index in [4.69, 9.17) is 14.0 Å². The fraction of sp³-hybridized carbons (Fsp3) is 0.308. The van der Waals surface area contributed by atoms with E-state index in [9.17, 15) is 0 Å². The van der Waals surface area contributed by atoms with E-state index in [1.165, 1.54) is 6.39 Å². The lowest BCUT2D eigenvalue weighted by atomic mass is 10.0. The van der Waals surface area contributed by atoms with Crippen molar-refractivity contribution >= 4 is 5.69 Å². The summed E-state index contributed by atoms with van der Waals surface area (Å²) in [6.07, 6.45) is 1.04. The molecule has 0 saturated carbocycles. The maximum Gasteiger partial charge on any atom is 0.200 e. The minimum Gasteiger partial charge on any atom is -0.443 e. The number of aromatic nitrogens is 1. The first-order valence-corrected chi connectivity index (χ1v) is 5.66. The van der Waals surface area contributed by atoms with E-state index in [2.05, 4.69) is 11.1 Å². The topological polar surface area (TPSA) is 47.7 Å². The third-order valence-corrected chi connectivity index (χ3v) is 3.10. The van der Waals surface area contributed by atoms with E-state index in [0.717, 1.165) is 28.3 Å². The normalized spacial score (nSPS) is 17.5. The summed E-state index contributed by atoms with van der Waals surface area (Å²) in [6.45, 7) is 2.04. The smallest absolute Gasteiger partial charge is 0.200 e. The average molecular weight is 246 g/mol. The Hall–Kier alpha value is -1.85. The SMILES string of the molecule is COC1c2ncoc2-c2cc(C)ccc2N1OC. The Labute approximate surface area is 105 Å². The standard InChI is InChI=1S/C13H14N2O3/c1-8-4-5-10-9(6-8)12-11(14-7-18-12)13(16-2)15(10)17-3/h4-7,13H,1-3H3. The van der Waals surface area contributed by atoms with Gasteiger partial charge in [-0.2, -0.15) is 0 Å². The van der Waals surface area contributed by atoms with Crippen molar-refractivity contribution < 1.29 is 14.0 Å². The van der Waals surface area contributed by atoms with Crippen LogP contribution in [0.2, 0.25) is 0 Å². The van der Waals surface area contributed by atoms with Gasteiger partial charge >= 0.3 is 0 Å². The predicted octanol–water partition coefficient (Wildman–Crippen LogP) is 2.68. The number of methoxy groups -OCH3 is 1. The Morgan fingerprint density at radius 3 is 2.89 bits per heavy atom. The molecule has 0 radical (unpaired) electrons. The van der Waals surface area contributed by atoms with Gasteiger partial charge in [0, 0.05) is 12.7 Å². The lowest BCUT2D eigenvalue weighted by molar-refractivity contribution is -0.00108. The van der Waals surface area contributed by atoms with E-state index in [1.807, 2.05) is 19.1 Å². The van der Waals surface area contributed by atoms with Gasteiger partial charge in [-0.25, -0.2) is 10.0 Å². The van der Waals surface area contributed by atoms with Crippen LogP contribution in [0.25, 0.3) is 11.3 Å². The van der Waals surface area contributed by atoms with Gasteiger partial charge in [0.25, 0.3) is 0 Å². The summed E-state index contributed by atoms with van der Waals surface area (Å²) in [5, 5.41) is 1.69. The number of benzene rings is 1. The molecule has 1 aliphatic rings. The number of oxazole rings is 1. The van der Waals surface area contributed by atoms with Crippen LogP contribution in [0, 0.1) is 6.92 Å². The highest BCUT2D eigenvalue weighted by Crippen LogP contribution is 2.44. The number of ether oxygens (including phenoxy) is 1. The molecule has 2 heterocycles. The Morgan fingerprint density at radius 2 is 2.17 bits per heavy atom. The molecule has 0 bridgehead atoms. The minimum absolute atomic E-state index is 0.390. The number of rotatable bonds is 2. The van der Waals surface area contributed by atoms with Gasteiger partial charge in [0.1, 0.15) is 5.69 Å². The number of hydroxylamine groups is 1. The van der Waals surface area contributed by atoms with Crippen molar-refractivity contribution in [1.29, 1.82) is 0 Å². The van der Waals surface area contributed by atoms with Crippen LogP contribution >= 0.6 is 0 Å². The Balaban J connectivity index is 2.26. The lowest BCUT2D eigenvalue weighted by Crippen LogP contribution is -2.32. The van der Waals surface area contributed by atoms with E-state index >= 15 is 0 Å². The molecule has 2 aromatic rings. The third-order valence-electron chi connectivity index (χ3n) is 3.10. The maximum absolute atomic E-state index is 5.49. The summed E-state index contributed by atoms with van der Waals surface area (Å²) in [4.78, 5) is 9.64. The zero-order valence-corrected chi connectivity index (χ0v) is 10.5. The molecule has 94 valence electrons. The summed E-state index contributed by atoms with van der Waals surface area (Å²) in [5.74, 6) is 0.744. The quantitative estimate of drug-likeness (QED) is 0.815. The molecule has 0 aliphatic carbocycles. The highest BCUT2D eigenvalue weighted by atomic mass is 16.7. The van der Waals surface area contributed by atoms with Gasteiger partial charge in [-0.15, -0.1) is 0 Å². The van der Waals surface area contributed by atoms with Gasteiger partial charge in [0.2, 0.25) is 6.23 Å². The number of aryl methyl sites for hydroxylation is 1. The van der Waals surface area contributed by atoms with Crippen LogP contribution in [0.3, 0.4) is 0 Å². The minimum atomic E-state index is -0.390. The number of nitrogens with zero attached hydrogens (tertiary/aromatic N) is 2. The van der Waals surface area contributed by atoms with Crippen LogP contribution in [-0.4, -0.2) is 19.2 Å². The average Bonchev–Trinajstić information content (AvgIpc) is 2.86. The van der Waals surface area contributed by atoms with Crippen LogP contribution in [0.15, 0.2) is 29.0 Å². The Morgan fingerprint density at radius 1 is 1.33 bits per heavy atom. The summed E-state index contributed by atoms with van der Waals surface area (Å²) in [5.41, 5.74) is 3.78. The molecule has 0 spiro atoms. The van der Waals surface area contributed by atoms with Crippen LogP contribution in [0.5, 0.6) is 0 Å². The zero-order valence-electron chi connectivity index (χ0n) is 10.5. The van der Waals surface area contributed by atoms with Gasteiger partial charge in [-0.05, 0) is 19.1 Å². The summed E-state index contributed by atoms with van der Waals surface area (Å²) in [7, 11) is 3.23. The Bertz CT molecular complexity index is 579. The first-order valence-electron chi connectivity index (χ1n) is 5.66.